The van der Waals surface area contributed by atoms with Crippen molar-refractivity contribution in [2.24, 2.45) is 5.73 Å². The molecule has 0 aliphatic heterocycles. The van der Waals surface area contributed by atoms with Gasteiger partial charge in [-0.2, -0.15) is 4.98 Å². The third-order valence-corrected chi connectivity index (χ3v) is 5.77. The van der Waals surface area contributed by atoms with Gasteiger partial charge in [0.05, 0.1) is 6.61 Å². The van der Waals surface area contributed by atoms with E-state index in [1.54, 1.807) is 0 Å². The zero-order valence-electron chi connectivity index (χ0n) is 16.9. The zero-order valence-corrected chi connectivity index (χ0v) is 16.9. The first-order valence-electron chi connectivity index (χ1n) is 10.6. The summed E-state index contributed by atoms with van der Waals surface area (Å²) in [7, 11) is 0. The predicted molar refractivity (Wildman–Crippen MR) is 117 cm³/mol. The summed E-state index contributed by atoms with van der Waals surface area (Å²) in [5, 5.41) is 6.47. The maximum atomic E-state index is 6.22. The smallest absolute Gasteiger partial charge is 0.257 e. The average Bonchev–Trinajstić information content (AvgIpc) is 3.26. The Morgan fingerprint density at radius 2 is 1.97 bits per heavy atom. The third kappa shape index (κ3) is 3.81. The van der Waals surface area contributed by atoms with E-state index >= 15 is 0 Å². The van der Waals surface area contributed by atoms with Crippen LogP contribution in [0.25, 0.3) is 22.2 Å². The number of fused-ring (bicyclic) bond motifs is 2. The van der Waals surface area contributed by atoms with Crippen molar-refractivity contribution >= 4 is 10.8 Å². The molecule has 2 N–H and O–H groups in total. The van der Waals surface area contributed by atoms with Gasteiger partial charge >= 0.3 is 0 Å². The molecule has 1 aromatic heterocycles. The van der Waals surface area contributed by atoms with Crippen LogP contribution in [-0.2, 0) is 12.8 Å². The molecule has 1 heterocycles. The van der Waals surface area contributed by atoms with Gasteiger partial charge in [0.2, 0.25) is 0 Å². The maximum absolute atomic E-state index is 6.22. The number of nitrogens with two attached hydrogens (primary N) is 1. The van der Waals surface area contributed by atoms with Crippen LogP contribution in [0.3, 0.4) is 0 Å². The van der Waals surface area contributed by atoms with Crippen molar-refractivity contribution in [2.45, 2.75) is 38.1 Å². The van der Waals surface area contributed by atoms with E-state index in [4.69, 9.17) is 15.0 Å². The van der Waals surface area contributed by atoms with Crippen molar-refractivity contribution in [3.63, 3.8) is 0 Å². The second kappa shape index (κ2) is 8.28. The number of rotatable bonds is 6. The maximum Gasteiger partial charge on any atom is 0.257 e. The van der Waals surface area contributed by atoms with Crippen LogP contribution in [0.2, 0.25) is 0 Å². The van der Waals surface area contributed by atoms with Crippen molar-refractivity contribution in [1.29, 1.82) is 0 Å². The van der Waals surface area contributed by atoms with Crippen LogP contribution in [0, 0.1) is 0 Å². The van der Waals surface area contributed by atoms with Crippen LogP contribution < -0.4 is 10.5 Å². The first-order chi connectivity index (χ1) is 14.8. The van der Waals surface area contributed by atoms with E-state index in [-0.39, 0.29) is 6.04 Å². The van der Waals surface area contributed by atoms with Crippen LogP contribution in [0.15, 0.2) is 65.2 Å². The monoisotopic (exact) mass is 399 g/mol. The summed E-state index contributed by atoms with van der Waals surface area (Å²) >= 11 is 0. The highest BCUT2D eigenvalue weighted by Gasteiger charge is 2.18. The topological polar surface area (TPSA) is 74.2 Å². The van der Waals surface area contributed by atoms with Gasteiger partial charge in [-0.3, -0.25) is 0 Å². The fraction of sp³-hybridized carbons (Fsp3) is 0.280. The lowest BCUT2D eigenvalue weighted by Crippen LogP contribution is -2.17. The molecule has 1 aliphatic carbocycles. The van der Waals surface area contributed by atoms with Gasteiger partial charge in [0.15, 0.2) is 5.82 Å². The molecule has 3 aromatic carbocycles. The summed E-state index contributed by atoms with van der Waals surface area (Å²) in [5.74, 6) is 2.19. The van der Waals surface area contributed by atoms with Crippen LogP contribution in [0.4, 0.5) is 0 Å². The minimum Gasteiger partial charge on any atom is -0.493 e. The highest BCUT2D eigenvalue weighted by molar-refractivity contribution is 5.88. The van der Waals surface area contributed by atoms with E-state index in [0.717, 1.165) is 42.4 Å². The van der Waals surface area contributed by atoms with Gasteiger partial charge in [-0.15, -0.1) is 0 Å². The molecule has 0 radical (unpaired) electrons. The van der Waals surface area contributed by atoms with Crippen LogP contribution in [-0.4, -0.2) is 16.7 Å². The fourth-order valence-electron chi connectivity index (χ4n) is 4.19. The lowest BCUT2D eigenvalue weighted by molar-refractivity contribution is 0.312. The van der Waals surface area contributed by atoms with Gasteiger partial charge in [-0.25, -0.2) is 0 Å². The van der Waals surface area contributed by atoms with E-state index in [1.807, 2.05) is 30.3 Å². The Bertz CT molecular complexity index is 1160. The minimum atomic E-state index is 0.141. The van der Waals surface area contributed by atoms with Crippen molar-refractivity contribution in [2.75, 3.05) is 6.61 Å². The van der Waals surface area contributed by atoms with E-state index < -0.39 is 0 Å². The molecule has 5 nitrogen and oxygen atoms in total. The molecule has 5 heteroatoms. The van der Waals surface area contributed by atoms with Crippen molar-refractivity contribution in [1.82, 2.24) is 10.1 Å². The van der Waals surface area contributed by atoms with Gasteiger partial charge in [0.1, 0.15) is 5.75 Å². The van der Waals surface area contributed by atoms with Crippen LogP contribution in [0.5, 0.6) is 5.75 Å². The van der Waals surface area contributed by atoms with Gasteiger partial charge in [-0.1, -0.05) is 47.6 Å². The highest BCUT2D eigenvalue weighted by atomic mass is 16.5. The number of aryl methyl sites for hydroxylation is 2. The Balaban J connectivity index is 1.21. The number of aromatic nitrogens is 2. The Morgan fingerprint density at radius 1 is 1.07 bits per heavy atom. The van der Waals surface area contributed by atoms with Gasteiger partial charge < -0.3 is 15.0 Å². The fourth-order valence-corrected chi connectivity index (χ4v) is 4.19. The molecule has 0 amide bonds. The molecular weight excluding hydrogens is 374 g/mol. The summed E-state index contributed by atoms with van der Waals surface area (Å²) in [6.07, 6.45) is 4.77. The van der Waals surface area contributed by atoms with Crippen molar-refractivity contribution in [3.8, 4) is 17.2 Å². The summed E-state index contributed by atoms with van der Waals surface area (Å²) < 4.78 is 11.5. The lowest BCUT2D eigenvalue weighted by Gasteiger charge is -2.22. The molecule has 0 fully saturated rings. The molecule has 30 heavy (non-hydrogen) atoms. The van der Waals surface area contributed by atoms with E-state index in [1.165, 1.54) is 16.5 Å². The highest BCUT2D eigenvalue weighted by Crippen LogP contribution is 2.31. The summed E-state index contributed by atoms with van der Waals surface area (Å²) in [6.45, 7) is 0.606. The summed E-state index contributed by atoms with van der Waals surface area (Å²) in [4.78, 5) is 4.58. The zero-order chi connectivity index (χ0) is 20.3. The largest absolute Gasteiger partial charge is 0.493 e. The van der Waals surface area contributed by atoms with E-state index in [9.17, 15) is 0 Å². The molecule has 5 rings (SSSR count). The first kappa shape index (κ1) is 18.8. The molecule has 1 unspecified atom stereocenters. The SMILES string of the molecule is NC1CCCc2cc(-c3nc(CCCOc4cccc5ccccc45)no3)ccc21. The molecule has 0 bridgehead atoms. The van der Waals surface area contributed by atoms with E-state index in [2.05, 4.69) is 40.5 Å². The molecular formula is C25H25N3O2. The number of nitrogens with zero attached hydrogens (tertiary/aromatic N) is 2. The third-order valence-electron chi connectivity index (χ3n) is 5.77. The van der Waals surface area contributed by atoms with Gasteiger partial charge in [0.25, 0.3) is 5.89 Å². The first-order valence-corrected chi connectivity index (χ1v) is 10.6. The minimum absolute atomic E-state index is 0.141. The average molecular weight is 399 g/mol. The summed E-state index contributed by atoms with van der Waals surface area (Å²) in [5.41, 5.74) is 9.73. The Kier molecular flexibility index (Phi) is 5.20. The molecule has 0 saturated heterocycles. The number of ether oxygens (including phenoxy) is 1. The van der Waals surface area contributed by atoms with Crippen LogP contribution >= 0.6 is 0 Å². The number of benzene rings is 3. The molecule has 4 aromatic rings. The number of hydrogen-bond acceptors (Lipinski definition) is 5. The molecule has 0 saturated carbocycles. The van der Waals surface area contributed by atoms with Crippen molar-refractivity contribution in [3.05, 3.63) is 77.6 Å². The molecule has 1 aliphatic rings. The molecule has 1 atom stereocenters. The standard InChI is InChI=1S/C25H25N3O2/c26-22-10-3-8-18-16-19(13-14-20(18)22)25-27-24(28-30-25)12-5-15-29-23-11-4-7-17-6-1-2-9-21(17)23/h1-2,4,6-7,9,11,13-14,16,22H,3,5,8,10,12,15,26H2. The van der Waals surface area contributed by atoms with Gasteiger partial charge in [0, 0.05) is 23.4 Å². The quantitative estimate of drug-likeness (QED) is 0.449. The summed E-state index contributed by atoms with van der Waals surface area (Å²) in [6, 6.07) is 20.8. The Labute approximate surface area is 175 Å². The number of hydrogen-bond donors (Lipinski definition) is 1. The van der Waals surface area contributed by atoms with E-state index in [0.29, 0.717) is 24.7 Å². The predicted octanol–water partition coefficient (Wildman–Crippen LogP) is 5.24. The normalized spacial score (nSPS) is 15.8. The van der Waals surface area contributed by atoms with Crippen molar-refractivity contribution < 1.29 is 9.26 Å². The molecule has 152 valence electrons. The van der Waals surface area contributed by atoms with Crippen LogP contribution in [0.1, 0.15) is 42.3 Å². The second-order valence-corrected chi connectivity index (χ2v) is 7.86. The molecule has 0 spiro atoms. The van der Waals surface area contributed by atoms with Gasteiger partial charge in [-0.05, 0) is 60.4 Å². The second-order valence-electron chi connectivity index (χ2n) is 7.86. The Morgan fingerprint density at radius 3 is 2.93 bits per heavy atom. The Hall–Kier alpha value is -3.18. The lowest BCUT2D eigenvalue weighted by atomic mass is 9.87.